The molecule has 2 N–H and O–H groups in total. The van der Waals surface area contributed by atoms with Gasteiger partial charge in [-0.05, 0) is 12.8 Å². The van der Waals surface area contributed by atoms with Crippen LogP contribution in [0.15, 0.2) is 30.3 Å². The molecule has 9 heteroatoms. The first-order valence-corrected chi connectivity index (χ1v) is 20.2. The van der Waals surface area contributed by atoms with Gasteiger partial charge in [0.1, 0.15) is 0 Å². The van der Waals surface area contributed by atoms with Gasteiger partial charge in [-0.2, -0.15) is 0 Å². The van der Waals surface area contributed by atoms with Crippen molar-refractivity contribution in [3.8, 4) is 0 Å². The van der Waals surface area contributed by atoms with E-state index in [1.165, 1.54) is 127 Å². The van der Waals surface area contributed by atoms with Crippen LogP contribution in [0, 0.1) is 10.1 Å². The first-order valence-electron chi connectivity index (χ1n) is 20.2. The normalized spacial score (nSPS) is 13.8. The van der Waals surface area contributed by atoms with E-state index in [4.69, 9.17) is 9.47 Å². The second-order valence-corrected chi connectivity index (χ2v) is 14.1. The van der Waals surface area contributed by atoms with E-state index < -0.39 is 35.0 Å². The zero-order chi connectivity index (χ0) is 36.8. The maximum Gasteiger partial charge on any atom is 0.458 e. The lowest BCUT2D eigenvalue weighted by molar-refractivity contribution is -0.670. The third-order valence-electron chi connectivity index (χ3n) is 9.72. The molecule has 0 radical (unpaired) electrons. The standard InChI is InChI=1S/C41H71NO8/c1-3-5-7-9-11-13-15-17-19-21-23-25-30-34-38(44)49-40(36-43,42(47)48)41(46,37-32-28-27-29-33-37)50-39(45)35-31-26-24-22-20-18-16-14-12-10-8-6-4-2/h27-29,32-33,43,46H,3-26,30-31,34-36H2,1-2H3. The van der Waals surface area contributed by atoms with Gasteiger partial charge in [0.25, 0.3) is 0 Å². The average Bonchev–Trinajstić information content (AvgIpc) is 3.11. The largest absolute Gasteiger partial charge is 0.458 e. The molecule has 0 spiro atoms. The van der Waals surface area contributed by atoms with Gasteiger partial charge in [-0.1, -0.05) is 198 Å². The first-order chi connectivity index (χ1) is 24.3. The van der Waals surface area contributed by atoms with Crippen molar-refractivity contribution in [1.29, 1.82) is 0 Å². The molecule has 1 aromatic rings. The fourth-order valence-corrected chi connectivity index (χ4v) is 6.48. The molecule has 0 bridgehead atoms. The summed E-state index contributed by atoms with van der Waals surface area (Å²) in [6.07, 6.45) is 29.2. The van der Waals surface area contributed by atoms with Crippen molar-refractivity contribution in [3.05, 3.63) is 46.0 Å². The number of hydrogen-bond acceptors (Lipinski definition) is 8. The van der Waals surface area contributed by atoms with E-state index in [-0.39, 0.29) is 18.4 Å². The van der Waals surface area contributed by atoms with E-state index in [9.17, 15) is 29.9 Å². The molecule has 0 aliphatic heterocycles. The Morgan fingerprint density at radius 2 is 0.900 bits per heavy atom. The highest BCUT2D eigenvalue weighted by Crippen LogP contribution is 2.39. The summed E-state index contributed by atoms with van der Waals surface area (Å²) in [6, 6.07) is 7.34. The maximum absolute atomic E-state index is 13.0. The van der Waals surface area contributed by atoms with Crippen LogP contribution in [-0.4, -0.2) is 39.4 Å². The molecule has 288 valence electrons. The molecule has 2 atom stereocenters. The number of nitro groups is 1. The Bertz CT molecular complexity index is 1010. The number of unbranched alkanes of at least 4 members (excludes halogenated alkanes) is 24. The van der Waals surface area contributed by atoms with E-state index in [1.807, 2.05) is 0 Å². The molecule has 1 rings (SSSR count). The molecule has 1 aromatic carbocycles. The third-order valence-corrected chi connectivity index (χ3v) is 9.72. The van der Waals surface area contributed by atoms with Gasteiger partial charge in [-0.15, -0.1) is 0 Å². The minimum atomic E-state index is -3.13. The Labute approximate surface area is 303 Å². The highest BCUT2D eigenvalue weighted by Gasteiger charge is 2.69. The molecular formula is C41H71NO8. The molecule has 0 fully saturated rings. The Morgan fingerprint density at radius 3 is 1.22 bits per heavy atom. The van der Waals surface area contributed by atoms with Crippen molar-refractivity contribution in [2.75, 3.05) is 6.61 Å². The quantitative estimate of drug-likeness (QED) is 0.0238. The van der Waals surface area contributed by atoms with Gasteiger partial charge in [-0.3, -0.25) is 19.7 Å². The summed E-state index contributed by atoms with van der Waals surface area (Å²) >= 11 is 0. The number of esters is 2. The Hall–Kier alpha value is -2.52. The fraction of sp³-hybridized carbons (Fsp3) is 0.805. The van der Waals surface area contributed by atoms with Crippen molar-refractivity contribution in [3.63, 3.8) is 0 Å². The van der Waals surface area contributed by atoms with Gasteiger partial charge < -0.3 is 19.7 Å². The minimum Gasteiger partial charge on any atom is -0.417 e. The number of hydrogen-bond donors (Lipinski definition) is 2. The Kier molecular flexibility index (Phi) is 26.5. The molecule has 0 saturated heterocycles. The molecule has 0 amide bonds. The van der Waals surface area contributed by atoms with Crippen molar-refractivity contribution >= 4 is 11.9 Å². The summed E-state index contributed by atoms with van der Waals surface area (Å²) in [5.74, 6) is -4.85. The number of aliphatic hydroxyl groups excluding tert-OH is 1. The van der Waals surface area contributed by atoms with E-state index in [0.29, 0.717) is 12.8 Å². The van der Waals surface area contributed by atoms with Crippen LogP contribution >= 0.6 is 0 Å². The van der Waals surface area contributed by atoms with Crippen molar-refractivity contribution < 1.29 is 34.2 Å². The number of benzene rings is 1. The molecule has 0 aliphatic carbocycles. The summed E-state index contributed by atoms with van der Waals surface area (Å²) in [5, 5.41) is 34.5. The van der Waals surface area contributed by atoms with Crippen LogP contribution in [0.2, 0.25) is 0 Å². The zero-order valence-electron chi connectivity index (χ0n) is 31.7. The molecule has 9 nitrogen and oxygen atoms in total. The van der Waals surface area contributed by atoms with Gasteiger partial charge in [0, 0.05) is 18.4 Å². The number of ether oxygens (including phenoxy) is 2. The lowest BCUT2D eigenvalue weighted by Crippen LogP contribution is -2.64. The number of carbonyl (C=O) groups is 2. The van der Waals surface area contributed by atoms with Crippen LogP contribution in [-0.2, 0) is 24.8 Å². The fourth-order valence-electron chi connectivity index (χ4n) is 6.48. The zero-order valence-corrected chi connectivity index (χ0v) is 31.7. The van der Waals surface area contributed by atoms with Crippen LogP contribution in [0.3, 0.4) is 0 Å². The van der Waals surface area contributed by atoms with Crippen molar-refractivity contribution in [2.45, 2.75) is 205 Å². The molecule has 0 saturated carbocycles. The number of aliphatic hydroxyl groups is 2. The van der Waals surface area contributed by atoms with Crippen LogP contribution in [0.4, 0.5) is 0 Å². The molecule has 0 heterocycles. The lowest BCUT2D eigenvalue weighted by Gasteiger charge is -2.37. The van der Waals surface area contributed by atoms with Crippen LogP contribution in [0.1, 0.15) is 199 Å². The third kappa shape index (κ3) is 18.6. The Balaban J connectivity index is 2.57. The summed E-state index contributed by atoms with van der Waals surface area (Å²) < 4.78 is 10.7. The van der Waals surface area contributed by atoms with Crippen LogP contribution in [0.5, 0.6) is 0 Å². The second kappa shape index (κ2) is 29.1. The highest BCUT2D eigenvalue weighted by molar-refractivity contribution is 5.71. The van der Waals surface area contributed by atoms with E-state index in [2.05, 4.69) is 13.8 Å². The monoisotopic (exact) mass is 706 g/mol. The molecule has 2 unspecified atom stereocenters. The van der Waals surface area contributed by atoms with E-state index >= 15 is 0 Å². The highest BCUT2D eigenvalue weighted by atomic mass is 16.7. The number of nitrogens with zero attached hydrogens (tertiary/aromatic N) is 1. The van der Waals surface area contributed by atoms with Crippen LogP contribution < -0.4 is 0 Å². The Morgan fingerprint density at radius 1 is 0.580 bits per heavy atom. The van der Waals surface area contributed by atoms with Gasteiger partial charge in [-0.25, -0.2) is 0 Å². The second-order valence-electron chi connectivity index (χ2n) is 14.1. The van der Waals surface area contributed by atoms with Crippen molar-refractivity contribution in [1.82, 2.24) is 0 Å². The summed E-state index contributed by atoms with van der Waals surface area (Å²) in [4.78, 5) is 37.3. The van der Waals surface area contributed by atoms with Gasteiger partial charge in [0.05, 0.1) is 4.92 Å². The first kappa shape index (κ1) is 45.5. The maximum atomic E-state index is 13.0. The molecule has 0 aliphatic rings. The van der Waals surface area contributed by atoms with Gasteiger partial charge >= 0.3 is 23.5 Å². The van der Waals surface area contributed by atoms with Gasteiger partial charge in [0.15, 0.2) is 6.61 Å². The topological polar surface area (TPSA) is 136 Å². The van der Waals surface area contributed by atoms with E-state index in [0.717, 1.165) is 51.4 Å². The summed E-state index contributed by atoms with van der Waals surface area (Å²) in [7, 11) is 0. The SMILES string of the molecule is CCCCCCCCCCCCCCCC(=O)OC(O)(c1ccccc1)C(CO)(OC(=O)CCCCCCCCCCCCCCC)[N+](=O)[O-]. The summed E-state index contributed by atoms with van der Waals surface area (Å²) in [6.45, 7) is 3.07. The number of rotatable bonds is 34. The van der Waals surface area contributed by atoms with E-state index in [1.54, 1.807) is 6.07 Å². The smallest absolute Gasteiger partial charge is 0.417 e. The average molecular weight is 706 g/mol. The molecular weight excluding hydrogens is 634 g/mol. The molecule has 50 heavy (non-hydrogen) atoms. The predicted molar refractivity (Wildman–Crippen MR) is 200 cm³/mol. The van der Waals surface area contributed by atoms with Gasteiger partial charge in [0.2, 0.25) is 0 Å². The van der Waals surface area contributed by atoms with Crippen LogP contribution in [0.25, 0.3) is 0 Å². The molecule has 0 aromatic heterocycles. The minimum absolute atomic E-state index is 0.0704. The summed E-state index contributed by atoms with van der Waals surface area (Å²) in [5.41, 5.74) is -3.30. The predicted octanol–water partition coefficient (Wildman–Crippen LogP) is 10.8. The van der Waals surface area contributed by atoms with Crippen molar-refractivity contribution in [2.24, 2.45) is 0 Å². The lowest BCUT2D eigenvalue weighted by atomic mass is 9.94. The number of carbonyl (C=O) groups excluding carboxylic acids is 2.